The maximum absolute atomic E-state index is 14.6. The van der Waals surface area contributed by atoms with E-state index in [1.165, 1.54) is 24.4 Å². The zero-order valence-electron chi connectivity index (χ0n) is 19.6. The summed E-state index contributed by atoms with van der Waals surface area (Å²) < 4.78 is 30.5. The van der Waals surface area contributed by atoms with Crippen LogP contribution in [0.15, 0.2) is 53.1 Å². The van der Waals surface area contributed by atoms with Crippen molar-refractivity contribution >= 4 is 46.5 Å². The van der Waals surface area contributed by atoms with Gasteiger partial charge in [-0.25, -0.2) is 19.0 Å². The molecule has 0 aliphatic rings. The highest BCUT2D eigenvalue weighted by Crippen LogP contribution is 2.47. The molecule has 0 fully saturated rings. The van der Waals surface area contributed by atoms with Gasteiger partial charge in [-0.2, -0.15) is 0 Å². The van der Waals surface area contributed by atoms with Crippen LogP contribution in [0, 0.1) is 17.7 Å². The molecule has 0 radical (unpaired) electrons. The molecule has 0 aliphatic carbocycles. The van der Waals surface area contributed by atoms with E-state index in [0.29, 0.717) is 16.5 Å². The van der Waals surface area contributed by atoms with E-state index in [4.69, 9.17) is 37.0 Å². The molecule has 0 saturated carbocycles. The number of fused-ring (bicyclic) bond motifs is 1. The van der Waals surface area contributed by atoms with Crippen molar-refractivity contribution in [2.45, 2.75) is 6.92 Å². The topological polar surface area (TPSA) is 160 Å². The molecule has 0 atom stereocenters. The van der Waals surface area contributed by atoms with Crippen molar-refractivity contribution in [1.82, 2.24) is 4.98 Å². The number of halogens is 2. The Bertz CT molecular complexity index is 1640. The van der Waals surface area contributed by atoms with Gasteiger partial charge in [0, 0.05) is 22.7 Å². The van der Waals surface area contributed by atoms with E-state index < -0.39 is 28.9 Å². The fourth-order valence-electron chi connectivity index (χ4n) is 3.52. The van der Waals surface area contributed by atoms with Crippen molar-refractivity contribution in [2.75, 3.05) is 11.9 Å². The van der Waals surface area contributed by atoms with Gasteiger partial charge in [0.2, 0.25) is 11.8 Å². The number of nitrogens with two attached hydrogens (primary N) is 2. The molecule has 0 aliphatic heterocycles. The Labute approximate surface area is 219 Å². The van der Waals surface area contributed by atoms with Gasteiger partial charge in [-0.3, -0.25) is 10.1 Å². The summed E-state index contributed by atoms with van der Waals surface area (Å²) in [5, 5.41) is 2.33. The third-order valence-electron chi connectivity index (χ3n) is 5.11. The van der Waals surface area contributed by atoms with Gasteiger partial charge in [0.1, 0.15) is 11.6 Å². The lowest BCUT2D eigenvalue weighted by Crippen LogP contribution is -2.17. The molecule has 192 valence electrons. The molecule has 38 heavy (non-hydrogen) atoms. The van der Waals surface area contributed by atoms with E-state index in [2.05, 4.69) is 22.1 Å². The summed E-state index contributed by atoms with van der Waals surface area (Å²) in [6, 6.07) is 9.94. The molecule has 0 spiro atoms. The largest absolute Gasteiger partial charge is 0.450 e. The Morgan fingerprint density at radius 3 is 2.47 bits per heavy atom. The number of hydrogen-bond acceptors (Lipinski definition) is 7. The first-order chi connectivity index (χ1) is 18.2. The number of furan rings is 1. The minimum atomic E-state index is -1.17. The number of nitrogens with zero attached hydrogens (tertiary/aromatic N) is 1. The first-order valence-corrected chi connectivity index (χ1v) is 11.3. The van der Waals surface area contributed by atoms with Crippen molar-refractivity contribution in [3.63, 3.8) is 0 Å². The van der Waals surface area contributed by atoms with Crippen molar-refractivity contribution < 1.29 is 32.7 Å². The average Bonchev–Trinajstić information content (AvgIpc) is 3.23. The van der Waals surface area contributed by atoms with E-state index in [1.807, 2.05) is 0 Å². The number of carbonyl (C=O) groups is 3. The molecule has 2 aromatic heterocycles. The number of amides is 3. The van der Waals surface area contributed by atoms with Crippen LogP contribution in [-0.4, -0.2) is 29.7 Å². The molecule has 2 heterocycles. The zero-order chi connectivity index (χ0) is 27.4. The highest BCUT2D eigenvalue weighted by atomic mass is 35.5. The standard InChI is InChI=1S/C26H18ClFN4O6/c1-2-36-26(35)32-24-19(20-18(37-25(30)34)10-8-16(28)21(20)27)15-11-12-31-17(22(15)38-24)9-5-13-3-6-14(7-4-13)23(29)33/h3-4,6-8,10-12H,2H2,1H3,(H2,29,33)(H2,30,34)(H,32,35). The zero-order valence-corrected chi connectivity index (χ0v) is 20.4. The summed E-state index contributed by atoms with van der Waals surface area (Å²) in [7, 11) is 0. The minimum absolute atomic E-state index is 0.0605. The van der Waals surface area contributed by atoms with Crippen molar-refractivity contribution in [3.8, 4) is 28.7 Å². The first kappa shape index (κ1) is 26.0. The van der Waals surface area contributed by atoms with E-state index >= 15 is 0 Å². The van der Waals surface area contributed by atoms with Gasteiger partial charge in [0.15, 0.2) is 11.3 Å². The molecule has 3 amide bonds. The summed E-state index contributed by atoms with van der Waals surface area (Å²) in [5.74, 6) is 3.99. The van der Waals surface area contributed by atoms with Crippen LogP contribution in [0.3, 0.4) is 0 Å². The molecule has 5 N–H and O–H groups in total. The van der Waals surface area contributed by atoms with E-state index in [-0.39, 0.29) is 40.6 Å². The van der Waals surface area contributed by atoms with Gasteiger partial charge in [0.05, 0.1) is 22.8 Å². The fraction of sp³-hybridized carbons (Fsp3) is 0.0769. The Morgan fingerprint density at radius 2 is 1.82 bits per heavy atom. The lowest BCUT2D eigenvalue weighted by atomic mass is 10.0. The molecule has 10 nitrogen and oxygen atoms in total. The van der Waals surface area contributed by atoms with Crippen LogP contribution in [-0.2, 0) is 4.74 Å². The van der Waals surface area contributed by atoms with Crippen LogP contribution in [0.5, 0.6) is 5.75 Å². The third-order valence-corrected chi connectivity index (χ3v) is 5.48. The number of benzene rings is 2. The summed E-state index contributed by atoms with van der Waals surface area (Å²) in [6.07, 6.45) is -0.623. The minimum Gasteiger partial charge on any atom is -0.450 e. The summed E-state index contributed by atoms with van der Waals surface area (Å²) in [6.45, 7) is 1.67. The Morgan fingerprint density at radius 1 is 1.08 bits per heavy atom. The molecule has 4 aromatic rings. The highest BCUT2D eigenvalue weighted by Gasteiger charge is 2.27. The van der Waals surface area contributed by atoms with Crippen molar-refractivity contribution in [2.24, 2.45) is 11.5 Å². The predicted octanol–water partition coefficient (Wildman–Crippen LogP) is 4.81. The lowest BCUT2D eigenvalue weighted by molar-refractivity contribution is 0.1000. The molecule has 0 unspecified atom stereocenters. The molecule has 4 rings (SSSR count). The second-order valence-electron chi connectivity index (χ2n) is 7.54. The summed E-state index contributed by atoms with van der Waals surface area (Å²) in [4.78, 5) is 39.3. The number of primary amides is 2. The smallest absolute Gasteiger partial charge is 0.413 e. The fourth-order valence-corrected chi connectivity index (χ4v) is 3.77. The monoisotopic (exact) mass is 536 g/mol. The van der Waals surface area contributed by atoms with Crippen molar-refractivity contribution in [3.05, 3.63) is 76.3 Å². The number of aromatic nitrogens is 1. The maximum Gasteiger partial charge on any atom is 0.413 e. The molecular weight excluding hydrogens is 519 g/mol. The van der Waals surface area contributed by atoms with E-state index in [0.717, 1.165) is 12.1 Å². The molecular formula is C26H18ClFN4O6. The predicted molar refractivity (Wildman–Crippen MR) is 136 cm³/mol. The Hall–Kier alpha value is -5.08. The molecule has 12 heteroatoms. The number of anilines is 1. The van der Waals surface area contributed by atoms with Crippen LogP contribution in [0.1, 0.15) is 28.5 Å². The van der Waals surface area contributed by atoms with Crippen LogP contribution in [0.25, 0.3) is 22.1 Å². The van der Waals surface area contributed by atoms with Crippen LogP contribution < -0.4 is 21.5 Å². The highest BCUT2D eigenvalue weighted by molar-refractivity contribution is 6.34. The third kappa shape index (κ3) is 5.35. The van der Waals surface area contributed by atoms with Crippen molar-refractivity contribution in [1.29, 1.82) is 0 Å². The van der Waals surface area contributed by atoms with Gasteiger partial charge in [-0.1, -0.05) is 17.5 Å². The SMILES string of the molecule is CCOC(=O)Nc1oc2c(C#Cc3ccc(C(N)=O)cc3)nccc2c1-c1c(OC(N)=O)ccc(F)c1Cl. The second-order valence-corrected chi connectivity index (χ2v) is 7.91. The molecule has 0 saturated heterocycles. The van der Waals surface area contributed by atoms with E-state index in [1.54, 1.807) is 19.1 Å². The van der Waals surface area contributed by atoms with Gasteiger partial charge < -0.3 is 25.4 Å². The number of pyridine rings is 1. The van der Waals surface area contributed by atoms with E-state index in [9.17, 15) is 18.8 Å². The Kier molecular flexibility index (Phi) is 7.45. The number of nitrogens with one attached hydrogen (secondary N) is 1. The van der Waals surface area contributed by atoms with Gasteiger partial charge in [-0.05, 0) is 55.3 Å². The summed E-state index contributed by atoms with van der Waals surface area (Å²) in [5.41, 5.74) is 11.6. The number of rotatable bonds is 5. The van der Waals surface area contributed by atoms with Gasteiger partial charge in [0.25, 0.3) is 0 Å². The second kappa shape index (κ2) is 10.9. The molecule has 0 bridgehead atoms. The lowest BCUT2D eigenvalue weighted by Gasteiger charge is -2.12. The maximum atomic E-state index is 14.6. The van der Waals surface area contributed by atoms with Crippen LogP contribution in [0.2, 0.25) is 5.02 Å². The van der Waals surface area contributed by atoms with Crippen LogP contribution >= 0.6 is 11.6 Å². The first-order valence-electron chi connectivity index (χ1n) is 10.9. The Balaban J connectivity index is 1.93. The number of ether oxygens (including phenoxy) is 2. The average molecular weight is 537 g/mol. The number of carbonyl (C=O) groups excluding carboxylic acids is 3. The quantitative estimate of drug-likeness (QED) is 0.308. The van der Waals surface area contributed by atoms with Gasteiger partial charge in [-0.15, -0.1) is 0 Å². The normalized spacial score (nSPS) is 10.4. The summed E-state index contributed by atoms with van der Waals surface area (Å²) >= 11 is 6.29. The number of hydrogen-bond donors (Lipinski definition) is 3. The molecule has 2 aromatic carbocycles. The van der Waals surface area contributed by atoms with Gasteiger partial charge >= 0.3 is 12.2 Å². The van der Waals surface area contributed by atoms with Crippen LogP contribution in [0.4, 0.5) is 19.9 Å².